The summed E-state index contributed by atoms with van der Waals surface area (Å²) in [5.41, 5.74) is 4.59. The van der Waals surface area contributed by atoms with Gasteiger partial charge in [-0.1, -0.05) is 11.2 Å². The topological polar surface area (TPSA) is 160 Å². The van der Waals surface area contributed by atoms with E-state index in [0.29, 0.717) is 95.2 Å². The smallest absolute Gasteiger partial charge is 0.329 e. The summed E-state index contributed by atoms with van der Waals surface area (Å²) in [4.78, 5) is 35.2. The van der Waals surface area contributed by atoms with Crippen molar-refractivity contribution in [3.05, 3.63) is 70.4 Å². The lowest BCUT2D eigenvalue weighted by Crippen LogP contribution is -2.28. The molecule has 0 saturated carbocycles. The molecule has 4 heterocycles. The monoisotopic (exact) mass is 763 g/mol. The molecule has 0 N–H and O–H groups in total. The van der Waals surface area contributed by atoms with Crippen LogP contribution >= 0.6 is 0 Å². The Hall–Kier alpha value is -4.67. The van der Waals surface area contributed by atoms with Crippen molar-refractivity contribution in [2.24, 2.45) is 0 Å². The third kappa shape index (κ3) is 11.0. The molecule has 0 amide bonds. The van der Waals surface area contributed by atoms with Crippen LogP contribution in [0.5, 0.6) is 5.75 Å². The summed E-state index contributed by atoms with van der Waals surface area (Å²) in [7, 11) is 1.62. The Kier molecular flexibility index (Phi) is 14.9. The molecule has 0 aliphatic rings. The summed E-state index contributed by atoms with van der Waals surface area (Å²) in [5, 5.41) is 4.90. The highest BCUT2D eigenvalue weighted by Gasteiger charge is 2.24. The lowest BCUT2D eigenvalue weighted by Gasteiger charge is -2.19. The number of hydrogen-bond donors (Lipinski definition) is 0. The zero-order valence-electron chi connectivity index (χ0n) is 32.9. The molecule has 0 aliphatic heterocycles. The summed E-state index contributed by atoms with van der Waals surface area (Å²) in [5.74, 6) is 1.01. The fourth-order valence-electron chi connectivity index (χ4n) is 6.22. The zero-order valence-corrected chi connectivity index (χ0v) is 32.9. The van der Waals surface area contributed by atoms with Crippen molar-refractivity contribution in [3.63, 3.8) is 0 Å². The van der Waals surface area contributed by atoms with Crippen LogP contribution in [0, 0.1) is 13.8 Å². The van der Waals surface area contributed by atoms with Gasteiger partial charge in [0.1, 0.15) is 17.1 Å². The summed E-state index contributed by atoms with van der Waals surface area (Å²) in [6.07, 6.45) is 3.67. The van der Waals surface area contributed by atoms with Crippen molar-refractivity contribution in [1.82, 2.24) is 24.3 Å². The summed E-state index contributed by atoms with van der Waals surface area (Å²) < 4.78 is 48.0. The average molecular weight is 764 g/mol. The molecule has 0 unspecified atom stereocenters. The minimum Gasteiger partial charge on any atom is -0.496 e. The summed E-state index contributed by atoms with van der Waals surface area (Å²) in [6.45, 7) is 15.4. The Bertz CT molecular complexity index is 2030. The molecular weight excluding hydrogens is 710 g/mol. The predicted molar refractivity (Wildman–Crippen MR) is 206 cm³/mol. The first-order valence-electron chi connectivity index (χ1n) is 18.6. The maximum Gasteiger partial charge on any atom is 0.329 e. The van der Waals surface area contributed by atoms with E-state index >= 15 is 0 Å². The van der Waals surface area contributed by atoms with Crippen molar-refractivity contribution >= 4 is 27.9 Å². The molecule has 55 heavy (non-hydrogen) atoms. The SMILES string of the molecule is COc1cc2c(cc1-c1c(C)noc1C)ncc1c2n([C@H](C)c2ccccn2)c(=O)n1CCOCCOCCOCCOCCOCCC(=O)OC(C)(C)C. The predicted octanol–water partition coefficient (Wildman–Crippen LogP) is 5.45. The minimum absolute atomic E-state index is 0.192. The van der Waals surface area contributed by atoms with Crippen molar-refractivity contribution < 1.29 is 42.5 Å². The second-order valence-corrected chi connectivity index (χ2v) is 13.9. The van der Waals surface area contributed by atoms with Crippen LogP contribution in [-0.4, -0.2) is 109 Å². The fourth-order valence-corrected chi connectivity index (χ4v) is 6.22. The highest BCUT2D eigenvalue weighted by atomic mass is 16.6. The number of carbonyl (C=O) groups is 1. The van der Waals surface area contributed by atoms with E-state index in [0.717, 1.165) is 33.4 Å². The zero-order chi connectivity index (χ0) is 39.4. The molecule has 0 radical (unpaired) electrons. The largest absolute Gasteiger partial charge is 0.496 e. The van der Waals surface area contributed by atoms with Gasteiger partial charge < -0.3 is 37.7 Å². The molecule has 15 nitrogen and oxygen atoms in total. The van der Waals surface area contributed by atoms with Gasteiger partial charge in [-0.25, -0.2) is 4.79 Å². The lowest BCUT2D eigenvalue weighted by molar-refractivity contribution is -0.156. The van der Waals surface area contributed by atoms with E-state index in [4.69, 9.17) is 42.7 Å². The number of esters is 1. The molecule has 0 fully saturated rings. The van der Waals surface area contributed by atoms with Gasteiger partial charge in [0.05, 0.1) is 132 Å². The van der Waals surface area contributed by atoms with Crippen molar-refractivity contribution in [2.45, 2.75) is 66.2 Å². The summed E-state index contributed by atoms with van der Waals surface area (Å²) >= 11 is 0. The number of benzene rings is 1. The van der Waals surface area contributed by atoms with Crippen molar-refractivity contribution in [2.75, 3.05) is 73.2 Å². The van der Waals surface area contributed by atoms with Crippen molar-refractivity contribution in [3.8, 4) is 16.9 Å². The van der Waals surface area contributed by atoms with Crippen LogP contribution in [0.1, 0.15) is 57.3 Å². The Morgan fingerprint density at radius 1 is 0.873 bits per heavy atom. The lowest BCUT2D eigenvalue weighted by atomic mass is 10.00. The van der Waals surface area contributed by atoms with E-state index in [2.05, 4.69) is 10.1 Å². The van der Waals surface area contributed by atoms with E-state index in [1.165, 1.54) is 0 Å². The molecular formula is C40H53N5O10. The van der Waals surface area contributed by atoms with Crippen LogP contribution in [0.3, 0.4) is 0 Å². The number of imidazole rings is 1. The van der Waals surface area contributed by atoms with Gasteiger partial charge in [-0.2, -0.15) is 0 Å². The van der Waals surface area contributed by atoms with Gasteiger partial charge in [0.25, 0.3) is 0 Å². The maximum absolute atomic E-state index is 14.2. The normalized spacial score (nSPS) is 12.5. The standard InChI is InChI=1S/C40H53N5O10/c1-27-37(29(3)55-43-27)31-24-33-30(25-35(31)48-7)38-34(26-42-33)44(39(47)45(38)28(2)32-10-8-9-12-41-32)13-15-50-17-19-52-21-23-53-22-20-51-18-16-49-14-11-36(46)54-40(4,5)6/h8-10,12,24-26,28H,11,13-23H2,1-7H3/t28-/m1/s1. The van der Waals surface area contributed by atoms with E-state index in [1.54, 1.807) is 28.6 Å². The number of fused-ring (bicyclic) bond motifs is 3. The van der Waals surface area contributed by atoms with Crippen LogP contribution < -0.4 is 10.4 Å². The van der Waals surface area contributed by atoms with Crippen LogP contribution in [0.4, 0.5) is 0 Å². The van der Waals surface area contributed by atoms with Crippen LogP contribution in [0.15, 0.2) is 52.0 Å². The molecule has 1 aromatic carbocycles. The first-order chi connectivity index (χ1) is 26.5. The van der Waals surface area contributed by atoms with Crippen molar-refractivity contribution in [1.29, 1.82) is 0 Å². The number of rotatable bonds is 22. The number of hydrogen-bond acceptors (Lipinski definition) is 13. The number of ether oxygens (including phenoxy) is 7. The maximum atomic E-state index is 14.2. The quantitative estimate of drug-likeness (QED) is 0.0647. The first kappa shape index (κ1) is 41.5. The minimum atomic E-state index is -0.495. The number of methoxy groups -OCH3 is 1. The van der Waals surface area contributed by atoms with E-state index in [-0.39, 0.29) is 24.1 Å². The van der Waals surface area contributed by atoms with Crippen LogP contribution in [-0.2, 0) is 39.8 Å². The molecule has 5 rings (SSSR count). The number of pyridine rings is 2. The molecule has 298 valence electrons. The second kappa shape index (κ2) is 19.8. The van der Waals surface area contributed by atoms with E-state index in [1.807, 2.05) is 71.9 Å². The van der Waals surface area contributed by atoms with Gasteiger partial charge in [0, 0.05) is 17.1 Å². The highest BCUT2D eigenvalue weighted by molar-refractivity contribution is 6.05. The van der Waals surface area contributed by atoms with Gasteiger partial charge in [-0.3, -0.25) is 23.9 Å². The van der Waals surface area contributed by atoms with Gasteiger partial charge in [-0.05, 0) is 65.8 Å². The van der Waals surface area contributed by atoms with Gasteiger partial charge in [0.15, 0.2) is 0 Å². The first-order valence-corrected chi connectivity index (χ1v) is 18.6. The molecule has 15 heteroatoms. The fraction of sp³-hybridized carbons (Fsp3) is 0.525. The third-order valence-corrected chi connectivity index (χ3v) is 8.73. The Balaban J connectivity index is 1.11. The Morgan fingerprint density at radius 2 is 1.51 bits per heavy atom. The molecule has 1 atom stereocenters. The number of nitrogens with zero attached hydrogens (tertiary/aromatic N) is 5. The number of aryl methyl sites for hydroxylation is 2. The second-order valence-electron chi connectivity index (χ2n) is 13.9. The molecule has 4 aromatic heterocycles. The number of aromatic nitrogens is 5. The van der Waals surface area contributed by atoms with E-state index < -0.39 is 5.60 Å². The Labute approximate surface area is 320 Å². The van der Waals surface area contributed by atoms with E-state index in [9.17, 15) is 9.59 Å². The molecule has 0 aliphatic carbocycles. The van der Waals surface area contributed by atoms with Crippen LogP contribution in [0.2, 0.25) is 0 Å². The van der Waals surface area contributed by atoms with Crippen LogP contribution in [0.25, 0.3) is 33.1 Å². The molecule has 0 bridgehead atoms. The summed E-state index contributed by atoms with van der Waals surface area (Å²) in [6, 6.07) is 9.20. The molecule has 0 saturated heterocycles. The Morgan fingerprint density at radius 3 is 2.07 bits per heavy atom. The van der Waals surface area contributed by atoms with Gasteiger partial charge in [-0.15, -0.1) is 0 Å². The number of carbonyl (C=O) groups excluding carboxylic acids is 1. The molecule has 5 aromatic rings. The highest BCUT2D eigenvalue weighted by Crippen LogP contribution is 2.39. The van der Waals surface area contributed by atoms with Gasteiger partial charge in [0.2, 0.25) is 0 Å². The average Bonchev–Trinajstić information content (AvgIpc) is 3.65. The third-order valence-electron chi connectivity index (χ3n) is 8.73. The van der Waals surface area contributed by atoms with Gasteiger partial charge >= 0.3 is 11.7 Å². The molecule has 0 spiro atoms.